The van der Waals surface area contributed by atoms with Crippen molar-refractivity contribution in [2.75, 3.05) is 46.1 Å². The van der Waals surface area contributed by atoms with Gasteiger partial charge < -0.3 is 31.6 Å². The van der Waals surface area contributed by atoms with Gasteiger partial charge >= 0.3 is 41.7 Å². The summed E-state index contributed by atoms with van der Waals surface area (Å²) in [5, 5.41) is 2.67. The van der Waals surface area contributed by atoms with E-state index in [0.717, 1.165) is 10.9 Å². The lowest BCUT2D eigenvalue weighted by molar-refractivity contribution is -0.449. The molecule has 0 aliphatic rings. The van der Waals surface area contributed by atoms with Crippen LogP contribution < -0.4 is 22.1 Å². The molecule has 0 saturated carbocycles. The molecule has 0 spiro atoms. The number of alkyl halides is 15. The van der Waals surface area contributed by atoms with Gasteiger partial charge in [-0.05, 0) is 31.9 Å². The topological polar surface area (TPSA) is 184 Å². The third-order valence-electron chi connectivity index (χ3n) is 6.87. The van der Waals surface area contributed by atoms with Crippen LogP contribution in [0.2, 0.25) is 0 Å². The molecule has 0 fully saturated rings. The minimum absolute atomic E-state index is 0.114. The third-order valence-corrected chi connectivity index (χ3v) is 8.20. The number of nitrogens with zero attached hydrogens (tertiary/aromatic N) is 1. The van der Waals surface area contributed by atoms with Crippen LogP contribution in [0.3, 0.4) is 0 Å². The first-order valence-corrected chi connectivity index (χ1v) is 16.3. The van der Waals surface area contributed by atoms with Crippen molar-refractivity contribution < 1.29 is 97.5 Å². The Hall–Kier alpha value is -3.79. The number of hydrogen-bond donors (Lipinski definition) is 4. The Kier molecular flexibility index (Phi) is 16.5. The molecule has 28 heteroatoms. The Bertz CT molecular complexity index is 1580. The maximum atomic E-state index is 14.4. The quantitative estimate of drug-likeness (QED) is 0.0419. The van der Waals surface area contributed by atoms with Crippen LogP contribution in [-0.4, -0.2) is 120 Å². The van der Waals surface area contributed by atoms with Crippen LogP contribution in [0.5, 0.6) is 0 Å². The maximum Gasteiger partial charge on any atom is 0.460 e. The van der Waals surface area contributed by atoms with E-state index in [4.69, 9.17) is 25.1 Å². The van der Waals surface area contributed by atoms with E-state index in [9.17, 15) is 83.9 Å². The summed E-state index contributed by atoms with van der Waals surface area (Å²) in [5.41, 5.74) is 10.9. The van der Waals surface area contributed by atoms with Gasteiger partial charge in [0, 0.05) is 13.1 Å². The lowest BCUT2D eigenvalue weighted by Gasteiger charge is -2.41. The average molecular weight is 856 g/mol. The van der Waals surface area contributed by atoms with Gasteiger partial charge in [0.15, 0.2) is 5.96 Å². The van der Waals surface area contributed by atoms with Gasteiger partial charge in [-0.2, -0.15) is 74.3 Å². The van der Waals surface area contributed by atoms with E-state index < -0.39 is 115 Å². The highest BCUT2D eigenvalue weighted by Crippen LogP contribution is 2.62. The number of hydrogen-bond acceptors (Lipinski definition) is 8. The van der Waals surface area contributed by atoms with Crippen LogP contribution in [-0.2, 0) is 33.4 Å². The second-order valence-corrected chi connectivity index (χ2v) is 12.6. The SMILES string of the molecule is Cc1ccc(S(=O)(=O)OCCOCCOCCNC(=O)[C@H](CCCN=C(N)N)NC(=O)C(F)(F)C(F)(F)C(F)(F)C(F)(F)C(F)(F)C(F)(F)C(F)(F)F)cc1. The normalized spacial score (nSPS) is 14.3. The summed E-state index contributed by atoms with van der Waals surface area (Å²) in [6.45, 7) is -0.883. The molecule has 6 N–H and O–H groups in total. The molecule has 0 aliphatic carbocycles. The van der Waals surface area contributed by atoms with E-state index in [0.29, 0.717) is 0 Å². The molecule has 0 heterocycles. The first kappa shape index (κ1) is 49.2. The summed E-state index contributed by atoms with van der Waals surface area (Å²) < 4.78 is 242. The number of rotatable bonds is 23. The number of ether oxygens (including phenoxy) is 2. The van der Waals surface area contributed by atoms with Gasteiger partial charge in [0.2, 0.25) is 5.91 Å². The highest BCUT2D eigenvalue weighted by molar-refractivity contribution is 7.86. The monoisotopic (exact) mass is 855 g/mol. The van der Waals surface area contributed by atoms with Crippen molar-refractivity contribution in [3.8, 4) is 0 Å². The number of guanidine groups is 1. The Balaban J connectivity index is 2.91. The second kappa shape index (κ2) is 18.4. The summed E-state index contributed by atoms with van der Waals surface area (Å²) in [5.74, 6) is -55.2. The molecule has 1 atom stereocenters. The summed E-state index contributed by atoms with van der Waals surface area (Å²) >= 11 is 0. The van der Waals surface area contributed by atoms with Crippen molar-refractivity contribution in [1.29, 1.82) is 0 Å². The lowest BCUT2D eigenvalue weighted by atomic mass is 9.90. The summed E-state index contributed by atoms with van der Waals surface area (Å²) in [6, 6.07) is 3.22. The van der Waals surface area contributed by atoms with Gasteiger partial charge in [0.1, 0.15) is 6.04 Å². The van der Waals surface area contributed by atoms with E-state index in [2.05, 4.69) is 4.99 Å². The molecule has 0 saturated heterocycles. The van der Waals surface area contributed by atoms with E-state index in [1.54, 1.807) is 6.92 Å². The maximum absolute atomic E-state index is 14.4. The zero-order valence-electron chi connectivity index (χ0n) is 27.8. The van der Waals surface area contributed by atoms with E-state index >= 15 is 0 Å². The van der Waals surface area contributed by atoms with Gasteiger partial charge in [0.05, 0.1) is 37.9 Å². The van der Waals surface area contributed by atoms with Crippen molar-refractivity contribution in [2.45, 2.75) is 72.4 Å². The highest BCUT2D eigenvalue weighted by atomic mass is 32.2. The number of carbonyl (C=O) groups is 2. The Labute approximate surface area is 301 Å². The van der Waals surface area contributed by atoms with Crippen LogP contribution in [0, 0.1) is 6.92 Å². The number of halogens is 15. The fraction of sp³-hybridized carbons (Fsp3) is 0.667. The summed E-state index contributed by atoms with van der Waals surface area (Å²) in [7, 11) is -4.08. The zero-order chi connectivity index (χ0) is 42.9. The van der Waals surface area contributed by atoms with Crippen LogP contribution in [0.4, 0.5) is 65.9 Å². The van der Waals surface area contributed by atoms with Gasteiger partial charge in [-0.15, -0.1) is 0 Å². The molecule has 318 valence electrons. The molecule has 0 aliphatic heterocycles. The molecule has 1 aromatic rings. The number of nitrogens with two attached hydrogens (primary N) is 2. The summed E-state index contributed by atoms with van der Waals surface area (Å²) in [4.78, 5) is 27.9. The number of nitrogens with one attached hydrogen (secondary N) is 2. The number of benzene rings is 1. The molecule has 0 unspecified atom stereocenters. The Morgan fingerprint density at radius 3 is 1.71 bits per heavy atom. The standard InChI is InChI=1S/C27H32F15N5O7S/c1-15-4-6-16(7-5-15)55(50,51)54-14-13-53-12-11-52-10-9-45-18(48)17(3-2-8-46-20(43)44)47-19(49)21(28,29)22(30,31)23(32,33)24(34,35)25(36,37)26(38,39)27(40,41)42/h4-7,17H,2-3,8-14H2,1H3,(H,45,48)(H,47,49)(H4,43,44,46)/t17-/m0/s1. The van der Waals surface area contributed by atoms with Crippen molar-refractivity contribution >= 4 is 27.9 Å². The molecule has 1 rings (SSSR count). The average Bonchev–Trinajstić information content (AvgIpc) is 3.05. The fourth-order valence-electron chi connectivity index (χ4n) is 3.80. The zero-order valence-corrected chi connectivity index (χ0v) is 28.6. The minimum Gasteiger partial charge on any atom is -0.377 e. The second-order valence-electron chi connectivity index (χ2n) is 11.0. The predicted octanol–water partition coefficient (Wildman–Crippen LogP) is 3.76. The Morgan fingerprint density at radius 2 is 1.20 bits per heavy atom. The molecule has 0 bridgehead atoms. The third kappa shape index (κ3) is 11.4. The van der Waals surface area contributed by atoms with Crippen LogP contribution in [0.15, 0.2) is 34.2 Å². The van der Waals surface area contributed by atoms with Gasteiger partial charge in [-0.25, -0.2) is 0 Å². The molecular formula is C27H32F15N5O7S. The molecular weight excluding hydrogens is 823 g/mol. The highest BCUT2D eigenvalue weighted by Gasteiger charge is 2.94. The predicted molar refractivity (Wildman–Crippen MR) is 157 cm³/mol. The first-order valence-electron chi connectivity index (χ1n) is 14.9. The summed E-state index contributed by atoms with van der Waals surface area (Å²) in [6.07, 6.45) is -9.22. The van der Waals surface area contributed by atoms with E-state index in [1.165, 1.54) is 24.3 Å². The van der Waals surface area contributed by atoms with Crippen LogP contribution in [0.25, 0.3) is 0 Å². The largest absolute Gasteiger partial charge is 0.460 e. The van der Waals surface area contributed by atoms with Crippen molar-refractivity contribution in [3.63, 3.8) is 0 Å². The van der Waals surface area contributed by atoms with E-state index in [1.807, 2.05) is 5.32 Å². The van der Waals surface area contributed by atoms with Gasteiger partial charge in [0.25, 0.3) is 16.0 Å². The molecule has 55 heavy (non-hydrogen) atoms. The number of carbonyl (C=O) groups excluding carboxylic acids is 2. The van der Waals surface area contributed by atoms with Crippen LogP contribution in [0.1, 0.15) is 18.4 Å². The van der Waals surface area contributed by atoms with Crippen molar-refractivity contribution in [1.82, 2.24) is 10.6 Å². The molecule has 0 radical (unpaired) electrons. The number of aliphatic imine (C=N–C) groups is 1. The molecule has 0 aromatic heterocycles. The lowest BCUT2D eigenvalue weighted by Crippen LogP contribution is -2.74. The number of aryl methyl sites for hydroxylation is 1. The minimum atomic E-state index is -8.61. The van der Waals surface area contributed by atoms with Crippen LogP contribution >= 0.6 is 0 Å². The van der Waals surface area contributed by atoms with Crippen molar-refractivity contribution in [2.24, 2.45) is 16.5 Å². The van der Waals surface area contributed by atoms with Gasteiger partial charge in [-0.1, -0.05) is 17.7 Å². The fourth-order valence-corrected chi connectivity index (χ4v) is 4.69. The van der Waals surface area contributed by atoms with Crippen molar-refractivity contribution in [3.05, 3.63) is 29.8 Å². The molecule has 2 amide bonds. The first-order chi connectivity index (χ1) is 24.8. The molecule has 1 aromatic carbocycles. The smallest absolute Gasteiger partial charge is 0.377 e. The van der Waals surface area contributed by atoms with Gasteiger partial charge in [-0.3, -0.25) is 18.8 Å². The molecule has 12 nitrogen and oxygen atoms in total. The number of amides is 2. The van der Waals surface area contributed by atoms with E-state index in [-0.39, 0.29) is 24.7 Å². The Morgan fingerprint density at radius 1 is 0.727 bits per heavy atom.